The summed E-state index contributed by atoms with van der Waals surface area (Å²) in [6, 6.07) is 4.08. The van der Waals surface area contributed by atoms with E-state index < -0.39 is 16.0 Å². The monoisotopic (exact) mass is 477 g/mol. The number of carbonyl (C=O) groups is 1. The van der Waals surface area contributed by atoms with Crippen molar-refractivity contribution in [2.75, 3.05) is 11.8 Å². The first-order valence-electron chi connectivity index (χ1n) is 5.71. The molecule has 23 heavy (non-hydrogen) atoms. The molecule has 1 heterocycles. The van der Waals surface area contributed by atoms with Gasteiger partial charge in [-0.1, -0.05) is 34.8 Å². The largest absolute Gasteiger partial charge is 0.465 e. The first-order valence-corrected chi connectivity index (χ1v) is 9.94. The van der Waals surface area contributed by atoms with Gasteiger partial charge in [-0.15, -0.1) is 11.3 Å². The van der Waals surface area contributed by atoms with Crippen molar-refractivity contribution in [2.24, 2.45) is 0 Å². The fourth-order valence-electron chi connectivity index (χ4n) is 1.65. The van der Waals surface area contributed by atoms with Crippen molar-refractivity contribution in [3.8, 4) is 0 Å². The Morgan fingerprint density at radius 2 is 1.91 bits per heavy atom. The Bertz CT molecular complexity index is 883. The van der Waals surface area contributed by atoms with Crippen LogP contribution >= 0.6 is 62.1 Å². The maximum absolute atomic E-state index is 12.6. The van der Waals surface area contributed by atoms with Crippen LogP contribution in [0.2, 0.25) is 13.7 Å². The van der Waals surface area contributed by atoms with Crippen LogP contribution in [0.5, 0.6) is 0 Å². The van der Waals surface area contributed by atoms with Crippen molar-refractivity contribution in [3.05, 3.63) is 41.9 Å². The number of sulfonamides is 1. The van der Waals surface area contributed by atoms with E-state index in [-0.39, 0.29) is 34.3 Å². The van der Waals surface area contributed by atoms with Crippen LogP contribution < -0.4 is 4.72 Å². The molecule has 0 saturated heterocycles. The summed E-state index contributed by atoms with van der Waals surface area (Å²) in [5.74, 6) is -0.715. The first-order chi connectivity index (χ1) is 10.7. The highest BCUT2D eigenvalue weighted by Crippen LogP contribution is 2.43. The molecule has 0 fully saturated rings. The second kappa shape index (κ2) is 7.16. The van der Waals surface area contributed by atoms with E-state index in [1.165, 1.54) is 25.3 Å². The van der Waals surface area contributed by atoms with E-state index in [0.29, 0.717) is 0 Å². The fourth-order valence-corrected chi connectivity index (χ4v) is 6.45. The molecule has 2 rings (SSSR count). The topological polar surface area (TPSA) is 72.5 Å². The lowest BCUT2D eigenvalue weighted by Gasteiger charge is -2.12. The summed E-state index contributed by atoms with van der Waals surface area (Å²) in [6.45, 7) is 0. The third kappa shape index (κ3) is 3.94. The van der Waals surface area contributed by atoms with Crippen LogP contribution in [0.3, 0.4) is 0 Å². The number of hydrogen-bond acceptors (Lipinski definition) is 5. The SMILES string of the molecule is COC(=O)c1ccc(Cl)cc1NS(=O)(=O)c1c(Cl)sc(Cl)c1Br. The molecule has 2 aromatic rings. The highest BCUT2D eigenvalue weighted by molar-refractivity contribution is 9.10. The van der Waals surface area contributed by atoms with Gasteiger partial charge in [-0.25, -0.2) is 13.2 Å². The summed E-state index contributed by atoms with van der Waals surface area (Å²) in [4.78, 5) is 11.5. The van der Waals surface area contributed by atoms with Crippen molar-refractivity contribution in [1.29, 1.82) is 0 Å². The molecule has 0 radical (unpaired) electrons. The Morgan fingerprint density at radius 3 is 2.43 bits per heavy atom. The summed E-state index contributed by atoms with van der Waals surface area (Å²) < 4.78 is 32.3. The van der Waals surface area contributed by atoms with Crippen LogP contribution in [0.4, 0.5) is 5.69 Å². The van der Waals surface area contributed by atoms with Gasteiger partial charge in [0.2, 0.25) is 0 Å². The minimum absolute atomic E-state index is 0.00838. The van der Waals surface area contributed by atoms with Crippen molar-refractivity contribution in [3.63, 3.8) is 0 Å². The minimum Gasteiger partial charge on any atom is -0.465 e. The molecule has 1 N–H and O–H groups in total. The van der Waals surface area contributed by atoms with Gasteiger partial charge in [-0.05, 0) is 34.1 Å². The quantitative estimate of drug-likeness (QED) is 0.623. The zero-order valence-corrected chi connectivity index (χ0v) is 16.7. The molecule has 1 aromatic heterocycles. The van der Waals surface area contributed by atoms with Crippen LogP contribution in [-0.4, -0.2) is 21.5 Å². The number of thiophene rings is 1. The lowest BCUT2D eigenvalue weighted by molar-refractivity contribution is 0.0602. The van der Waals surface area contributed by atoms with E-state index in [1.54, 1.807) is 0 Å². The third-order valence-corrected chi connectivity index (χ3v) is 7.69. The number of rotatable bonds is 4. The Balaban J connectivity index is 2.53. The number of hydrogen-bond donors (Lipinski definition) is 1. The zero-order chi connectivity index (χ0) is 17.4. The van der Waals surface area contributed by atoms with Crippen LogP contribution in [0.25, 0.3) is 0 Å². The Hall–Kier alpha value is -0.510. The van der Waals surface area contributed by atoms with Crippen LogP contribution in [0.15, 0.2) is 27.6 Å². The Kier molecular flexibility index (Phi) is 5.86. The molecule has 0 aliphatic carbocycles. The molecule has 1 aromatic carbocycles. The predicted octanol–water partition coefficient (Wildman–Crippen LogP) is 5.06. The number of esters is 1. The maximum atomic E-state index is 12.6. The molecule has 0 aliphatic rings. The number of anilines is 1. The van der Waals surface area contributed by atoms with Crippen molar-refractivity contribution in [2.45, 2.75) is 4.90 Å². The zero-order valence-electron chi connectivity index (χ0n) is 11.2. The van der Waals surface area contributed by atoms with Crippen molar-refractivity contribution in [1.82, 2.24) is 0 Å². The molecule has 0 spiro atoms. The van der Waals surface area contributed by atoms with E-state index in [4.69, 9.17) is 34.8 Å². The van der Waals surface area contributed by atoms with E-state index in [2.05, 4.69) is 25.4 Å². The van der Waals surface area contributed by atoms with E-state index >= 15 is 0 Å². The van der Waals surface area contributed by atoms with Crippen molar-refractivity contribution >= 4 is 83.7 Å². The fraction of sp³-hybridized carbons (Fsp3) is 0.0833. The molecule has 0 saturated carbocycles. The lowest BCUT2D eigenvalue weighted by Crippen LogP contribution is -2.16. The highest BCUT2D eigenvalue weighted by atomic mass is 79.9. The van der Waals surface area contributed by atoms with E-state index in [9.17, 15) is 13.2 Å². The molecular weight excluding hydrogens is 473 g/mol. The van der Waals surface area contributed by atoms with Crippen LogP contribution in [0.1, 0.15) is 10.4 Å². The standard InChI is InChI=1S/C12H7BrCl3NO4S2/c1-21-12(18)6-3-2-5(14)4-7(6)17-23(19,20)9-8(13)10(15)22-11(9)16/h2-4,17H,1H3. The number of carbonyl (C=O) groups excluding carboxylic acids is 1. The molecule has 0 unspecified atom stereocenters. The summed E-state index contributed by atoms with van der Waals surface area (Å²) in [5, 5.41) is 0.240. The summed E-state index contributed by atoms with van der Waals surface area (Å²) >= 11 is 21.6. The van der Waals surface area contributed by atoms with Crippen LogP contribution in [-0.2, 0) is 14.8 Å². The second-order valence-electron chi connectivity index (χ2n) is 4.08. The summed E-state index contributed by atoms with van der Waals surface area (Å²) in [7, 11) is -2.92. The van der Waals surface area contributed by atoms with Gasteiger partial charge in [0.15, 0.2) is 0 Å². The van der Waals surface area contributed by atoms with Gasteiger partial charge >= 0.3 is 5.97 Å². The molecule has 0 amide bonds. The molecular formula is C12H7BrCl3NO4S2. The predicted molar refractivity (Wildman–Crippen MR) is 95.6 cm³/mol. The molecule has 0 aliphatic heterocycles. The summed E-state index contributed by atoms with van der Waals surface area (Å²) in [6.07, 6.45) is 0. The normalized spacial score (nSPS) is 11.3. The van der Waals surface area contributed by atoms with Gasteiger partial charge in [-0.3, -0.25) is 4.72 Å². The van der Waals surface area contributed by atoms with Crippen molar-refractivity contribution < 1.29 is 17.9 Å². The molecule has 124 valence electrons. The molecule has 5 nitrogen and oxygen atoms in total. The first kappa shape index (κ1) is 18.8. The van der Waals surface area contributed by atoms with Gasteiger partial charge in [0.25, 0.3) is 10.0 Å². The van der Waals surface area contributed by atoms with Gasteiger partial charge < -0.3 is 4.74 Å². The third-order valence-electron chi connectivity index (χ3n) is 2.63. The number of halogens is 4. The average Bonchev–Trinajstić information content (AvgIpc) is 2.71. The Morgan fingerprint density at radius 1 is 1.26 bits per heavy atom. The van der Waals surface area contributed by atoms with E-state index in [1.807, 2.05) is 0 Å². The number of ether oxygens (including phenoxy) is 1. The lowest BCUT2D eigenvalue weighted by atomic mass is 10.2. The van der Waals surface area contributed by atoms with E-state index in [0.717, 1.165) is 11.3 Å². The van der Waals surface area contributed by atoms with Crippen LogP contribution in [0, 0.1) is 0 Å². The smallest absolute Gasteiger partial charge is 0.339 e. The molecule has 0 bridgehead atoms. The maximum Gasteiger partial charge on any atom is 0.339 e. The highest BCUT2D eigenvalue weighted by Gasteiger charge is 2.28. The van der Waals surface area contributed by atoms with Gasteiger partial charge in [0.1, 0.15) is 13.6 Å². The molecule has 0 atom stereocenters. The number of nitrogens with one attached hydrogen (secondary N) is 1. The minimum atomic E-state index is -4.10. The average molecular weight is 480 g/mol. The number of methoxy groups -OCH3 is 1. The van der Waals surface area contributed by atoms with Gasteiger partial charge in [-0.2, -0.15) is 0 Å². The van der Waals surface area contributed by atoms with Gasteiger partial charge in [0.05, 0.1) is 22.8 Å². The van der Waals surface area contributed by atoms with Gasteiger partial charge in [0, 0.05) is 5.02 Å². The summed E-state index contributed by atoms with van der Waals surface area (Å²) in [5.41, 5.74) is -0.0244. The molecule has 11 heteroatoms. The Labute approximate surface area is 159 Å². The second-order valence-corrected chi connectivity index (χ2v) is 9.15. The number of benzene rings is 1.